The maximum Gasteiger partial charge on any atom is 0.311 e. The van der Waals surface area contributed by atoms with Crippen molar-refractivity contribution in [3.05, 3.63) is 29.8 Å². The van der Waals surface area contributed by atoms with E-state index in [2.05, 4.69) is 0 Å². The Kier molecular flexibility index (Phi) is 2.62. The maximum atomic E-state index is 11.1. The molecule has 1 aromatic carbocycles. The van der Waals surface area contributed by atoms with Crippen molar-refractivity contribution in [3.8, 4) is 5.75 Å². The molecule has 1 atom stereocenters. The minimum absolute atomic E-state index is 0.314. The summed E-state index contributed by atoms with van der Waals surface area (Å²) >= 11 is 0. The van der Waals surface area contributed by atoms with Crippen LogP contribution in [0.5, 0.6) is 5.75 Å². The van der Waals surface area contributed by atoms with Gasteiger partial charge in [-0.1, -0.05) is 12.1 Å². The van der Waals surface area contributed by atoms with Gasteiger partial charge in [-0.2, -0.15) is 0 Å². The van der Waals surface area contributed by atoms with Crippen molar-refractivity contribution in [2.45, 2.75) is 18.8 Å². The minimum atomic E-state index is -0.731. The highest BCUT2D eigenvalue weighted by atomic mass is 16.5. The SMILES string of the molecule is COc1cccc(C(C(=O)O)C2CC2)c1. The number of carbonyl (C=O) groups is 1. The molecule has 80 valence electrons. The molecular formula is C12H14O3. The third-order valence-corrected chi connectivity index (χ3v) is 2.81. The number of carboxylic acid groups (broad SMARTS) is 1. The van der Waals surface area contributed by atoms with Gasteiger partial charge in [0.15, 0.2) is 0 Å². The standard InChI is InChI=1S/C12H14O3/c1-15-10-4-2-3-9(7-10)11(12(13)14)8-5-6-8/h2-4,7-8,11H,5-6H2,1H3,(H,13,14). The van der Waals surface area contributed by atoms with Crippen LogP contribution >= 0.6 is 0 Å². The van der Waals surface area contributed by atoms with Gasteiger partial charge in [-0.25, -0.2) is 0 Å². The highest BCUT2D eigenvalue weighted by Crippen LogP contribution is 2.43. The van der Waals surface area contributed by atoms with Crippen LogP contribution in [0.3, 0.4) is 0 Å². The van der Waals surface area contributed by atoms with Gasteiger partial charge >= 0.3 is 5.97 Å². The number of benzene rings is 1. The molecule has 3 nitrogen and oxygen atoms in total. The van der Waals surface area contributed by atoms with Crippen LogP contribution in [0.25, 0.3) is 0 Å². The molecule has 1 N–H and O–H groups in total. The first-order valence-electron chi connectivity index (χ1n) is 5.09. The lowest BCUT2D eigenvalue weighted by Crippen LogP contribution is -2.13. The summed E-state index contributed by atoms with van der Waals surface area (Å²) in [7, 11) is 1.59. The number of carboxylic acids is 1. The van der Waals surface area contributed by atoms with Crippen LogP contribution in [0.2, 0.25) is 0 Å². The largest absolute Gasteiger partial charge is 0.497 e. The number of aliphatic carboxylic acids is 1. The topological polar surface area (TPSA) is 46.5 Å². The van der Waals surface area contributed by atoms with E-state index in [1.54, 1.807) is 7.11 Å². The summed E-state index contributed by atoms with van der Waals surface area (Å²) in [5.74, 6) is -0.0557. The van der Waals surface area contributed by atoms with E-state index in [-0.39, 0.29) is 5.92 Å². The molecule has 1 fully saturated rings. The number of methoxy groups -OCH3 is 1. The Labute approximate surface area is 88.7 Å². The van der Waals surface area contributed by atoms with Gasteiger partial charge in [0.1, 0.15) is 5.75 Å². The van der Waals surface area contributed by atoms with Gasteiger partial charge in [0.25, 0.3) is 0 Å². The summed E-state index contributed by atoms with van der Waals surface area (Å²) in [6.45, 7) is 0. The van der Waals surface area contributed by atoms with Crippen molar-refractivity contribution in [3.63, 3.8) is 0 Å². The lowest BCUT2D eigenvalue weighted by Gasteiger charge is -2.12. The third kappa shape index (κ3) is 2.12. The molecule has 0 radical (unpaired) electrons. The van der Waals surface area contributed by atoms with Crippen molar-refractivity contribution in [1.82, 2.24) is 0 Å². The first-order valence-corrected chi connectivity index (χ1v) is 5.09. The Morgan fingerprint density at radius 3 is 2.80 bits per heavy atom. The summed E-state index contributed by atoms with van der Waals surface area (Å²) in [6.07, 6.45) is 2.04. The lowest BCUT2D eigenvalue weighted by atomic mass is 9.94. The normalized spacial score (nSPS) is 17.1. The molecule has 3 heteroatoms. The average molecular weight is 206 g/mol. The van der Waals surface area contributed by atoms with Crippen molar-refractivity contribution < 1.29 is 14.6 Å². The summed E-state index contributed by atoms with van der Waals surface area (Å²) in [5, 5.41) is 9.16. The smallest absolute Gasteiger partial charge is 0.311 e. The van der Waals surface area contributed by atoms with Crippen molar-refractivity contribution in [1.29, 1.82) is 0 Å². The molecule has 1 saturated carbocycles. The lowest BCUT2D eigenvalue weighted by molar-refractivity contribution is -0.139. The first-order chi connectivity index (χ1) is 7.22. The highest BCUT2D eigenvalue weighted by molar-refractivity contribution is 5.77. The second-order valence-electron chi connectivity index (χ2n) is 3.93. The molecule has 0 aromatic heterocycles. The molecule has 1 aliphatic carbocycles. The van der Waals surface area contributed by atoms with Crippen LogP contribution in [0.1, 0.15) is 24.3 Å². The second kappa shape index (κ2) is 3.93. The Morgan fingerprint density at radius 1 is 1.53 bits per heavy atom. The predicted octanol–water partition coefficient (Wildman–Crippen LogP) is 2.27. The number of ether oxygens (including phenoxy) is 1. The summed E-state index contributed by atoms with van der Waals surface area (Å²) in [4.78, 5) is 11.1. The van der Waals surface area contributed by atoms with E-state index < -0.39 is 5.97 Å². The molecule has 0 heterocycles. The Morgan fingerprint density at radius 2 is 2.27 bits per heavy atom. The van der Waals surface area contributed by atoms with E-state index in [9.17, 15) is 4.79 Å². The molecule has 15 heavy (non-hydrogen) atoms. The molecule has 0 amide bonds. The Hall–Kier alpha value is -1.51. The van der Waals surface area contributed by atoms with E-state index in [1.165, 1.54) is 0 Å². The van der Waals surface area contributed by atoms with E-state index in [4.69, 9.17) is 9.84 Å². The quantitative estimate of drug-likeness (QED) is 0.822. The van der Waals surface area contributed by atoms with Crippen LogP contribution in [0, 0.1) is 5.92 Å². The van der Waals surface area contributed by atoms with Gasteiger partial charge in [-0.3, -0.25) is 4.79 Å². The number of rotatable bonds is 4. The van der Waals surface area contributed by atoms with E-state index in [1.807, 2.05) is 24.3 Å². The predicted molar refractivity (Wildman–Crippen MR) is 56.1 cm³/mol. The zero-order valence-electron chi connectivity index (χ0n) is 8.64. The molecule has 0 aliphatic heterocycles. The van der Waals surface area contributed by atoms with Crippen LogP contribution in [0.15, 0.2) is 24.3 Å². The first kappa shape index (κ1) is 10.0. The van der Waals surface area contributed by atoms with Crippen LogP contribution in [-0.2, 0) is 4.79 Å². The fraction of sp³-hybridized carbons (Fsp3) is 0.417. The summed E-state index contributed by atoms with van der Waals surface area (Å²) < 4.78 is 5.09. The van der Waals surface area contributed by atoms with E-state index in [0.29, 0.717) is 5.92 Å². The van der Waals surface area contributed by atoms with Gasteiger partial charge in [-0.15, -0.1) is 0 Å². The van der Waals surface area contributed by atoms with Crippen LogP contribution in [0.4, 0.5) is 0 Å². The summed E-state index contributed by atoms with van der Waals surface area (Å²) in [6, 6.07) is 7.35. The second-order valence-corrected chi connectivity index (χ2v) is 3.93. The molecule has 0 bridgehead atoms. The number of hydrogen-bond donors (Lipinski definition) is 1. The van der Waals surface area contributed by atoms with E-state index in [0.717, 1.165) is 24.2 Å². The highest BCUT2D eigenvalue weighted by Gasteiger charge is 2.37. The number of hydrogen-bond acceptors (Lipinski definition) is 2. The molecule has 1 aromatic rings. The van der Waals surface area contributed by atoms with Crippen molar-refractivity contribution >= 4 is 5.97 Å². The van der Waals surface area contributed by atoms with Gasteiger partial charge in [0.2, 0.25) is 0 Å². The van der Waals surface area contributed by atoms with Gasteiger partial charge in [0.05, 0.1) is 13.0 Å². The maximum absolute atomic E-state index is 11.1. The van der Waals surface area contributed by atoms with Gasteiger partial charge in [-0.05, 0) is 36.5 Å². The molecule has 2 rings (SSSR count). The van der Waals surface area contributed by atoms with Crippen LogP contribution < -0.4 is 4.74 Å². The van der Waals surface area contributed by atoms with Crippen molar-refractivity contribution in [2.24, 2.45) is 5.92 Å². The monoisotopic (exact) mass is 206 g/mol. The Bertz CT molecular complexity index is 369. The van der Waals surface area contributed by atoms with E-state index >= 15 is 0 Å². The average Bonchev–Trinajstić information content (AvgIpc) is 3.02. The summed E-state index contributed by atoms with van der Waals surface area (Å²) in [5.41, 5.74) is 0.851. The zero-order valence-corrected chi connectivity index (χ0v) is 8.64. The van der Waals surface area contributed by atoms with Gasteiger partial charge in [0, 0.05) is 0 Å². The zero-order chi connectivity index (χ0) is 10.8. The van der Waals surface area contributed by atoms with Gasteiger partial charge < -0.3 is 9.84 Å². The third-order valence-electron chi connectivity index (χ3n) is 2.81. The van der Waals surface area contributed by atoms with Crippen molar-refractivity contribution in [2.75, 3.05) is 7.11 Å². The molecular weight excluding hydrogens is 192 g/mol. The molecule has 0 spiro atoms. The van der Waals surface area contributed by atoms with Crippen LogP contribution in [-0.4, -0.2) is 18.2 Å². The fourth-order valence-corrected chi connectivity index (χ4v) is 1.88. The molecule has 1 aliphatic rings. The minimum Gasteiger partial charge on any atom is -0.497 e. The molecule has 0 saturated heterocycles. The fourth-order valence-electron chi connectivity index (χ4n) is 1.88. The Balaban J connectivity index is 2.28. The molecule has 1 unspecified atom stereocenters.